The largest absolute Gasteiger partial charge is 0.354 e. The summed E-state index contributed by atoms with van der Waals surface area (Å²) >= 11 is 0. The second kappa shape index (κ2) is 10.6. The van der Waals surface area contributed by atoms with Crippen molar-refractivity contribution in [1.29, 1.82) is 0 Å². The third-order valence-corrected chi connectivity index (χ3v) is 4.71. The highest BCUT2D eigenvalue weighted by Gasteiger charge is 2.28. The first-order valence-electron chi connectivity index (χ1n) is 9.82. The molecular formula is C23H29FN2O2. The smallest absolute Gasteiger partial charge is 0.242 e. The maximum absolute atomic E-state index is 14.0. The maximum Gasteiger partial charge on any atom is 0.242 e. The van der Waals surface area contributed by atoms with Crippen LogP contribution in [0.3, 0.4) is 0 Å². The summed E-state index contributed by atoms with van der Waals surface area (Å²) in [5.74, 6) is -0.836. The van der Waals surface area contributed by atoms with Crippen LogP contribution in [0.25, 0.3) is 0 Å². The van der Waals surface area contributed by atoms with Gasteiger partial charge >= 0.3 is 0 Å². The minimum atomic E-state index is -0.591. The molecule has 2 aromatic rings. The zero-order valence-electron chi connectivity index (χ0n) is 16.9. The van der Waals surface area contributed by atoms with Crippen molar-refractivity contribution in [3.63, 3.8) is 0 Å². The van der Waals surface area contributed by atoms with Gasteiger partial charge in [0.2, 0.25) is 11.8 Å². The molecule has 0 aromatic heterocycles. The molecular weight excluding hydrogens is 355 g/mol. The van der Waals surface area contributed by atoms with Crippen LogP contribution in [-0.4, -0.2) is 29.3 Å². The predicted molar refractivity (Wildman–Crippen MR) is 109 cm³/mol. The van der Waals surface area contributed by atoms with Crippen molar-refractivity contribution >= 4 is 11.8 Å². The normalized spacial score (nSPS) is 11.7. The van der Waals surface area contributed by atoms with Crippen molar-refractivity contribution in [2.24, 2.45) is 0 Å². The van der Waals surface area contributed by atoms with Crippen LogP contribution in [-0.2, 0) is 22.6 Å². The Morgan fingerprint density at radius 3 is 2.36 bits per heavy atom. The van der Waals surface area contributed by atoms with Gasteiger partial charge in [-0.1, -0.05) is 61.9 Å². The van der Waals surface area contributed by atoms with E-state index in [9.17, 15) is 14.0 Å². The molecule has 0 saturated carbocycles. The molecule has 4 nitrogen and oxygen atoms in total. The van der Waals surface area contributed by atoms with E-state index < -0.39 is 11.9 Å². The average Bonchev–Trinajstić information content (AvgIpc) is 2.69. The van der Waals surface area contributed by atoms with Crippen LogP contribution in [0.1, 0.15) is 43.4 Å². The summed E-state index contributed by atoms with van der Waals surface area (Å²) in [4.78, 5) is 27.3. The van der Waals surface area contributed by atoms with E-state index in [1.54, 1.807) is 23.1 Å². The Morgan fingerprint density at radius 1 is 1.07 bits per heavy atom. The van der Waals surface area contributed by atoms with Crippen LogP contribution in [0.2, 0.25) is 0 Å². The molecule has 2 rings (SSSR count). The highest BCUT2D eigenvalue weighted by atomic mass is 19.1. The van der Waals surface area contributed by atoms with Gasteiger partial charge in [0, 0.05) is 13.1 Å². The lowest BCUT2D eigenvalue weighted by Gasteiger charge is -2.31. The second-order valence-electron chi connectivity index (χ2n) is 6.99. The number of hydrogen-bond donors (Lipinski definition) is 1. The molecule has 1 atom stereocenters. The highest BCUT2D eigenvalue weighted by molar-refractivity contribution is 5.88. The second-order valence-corrected chi connectivity index (χ2v) is 6.99. The first-order valence-corrected chi connectivity index (χ1v) is 9.82. The molecule has 0 heterocycles. The first-order chi connectivity index (χ1) is 13.5. The quantitative estimate of drug-likeness (QED) is 0.710. The summed E-state index contributed by atoms with van der Waals surface area (Å²) in [5, 5.41) is 2.88. The zero-order valence-corrected chi connectivity index (χ0v) is 16.9. The third-order valence-electron chi connectivity index (χ3n) is 4.71. The fourth-order valence-electron chi connectivity index (χ4n) is 3.08. The lowest BCUT2D eigenvalue weighted by molar-refractivity contribution is -0.141. The summed E-state index contributed by atoms with van der Waals surface area (Å²) in [6, 6.07) is 13.5. The summed E-state index contributed by atoms with van der Waals surface area (Å²) in [6.45, 7) is 6.74. The van der Waals surface area contributed by atoms with Gasteiger partial charge in [-0.15, -0.1) is 0 Å². The van der Waals surface area contributed by atoms with Crippen LogP contribution in [0.15, 0.2) is 48.5 Å². The number of amides is 2. The Bertz CT molecular complexity index is 789. The predicted octanol–water partition coefficient (Wildman–Crippen LogP) is 4.01. The van der Waals surface area contributed by atoms with Gasteiger partial charge in [0.1, 0.15) is 11.9 Å². The van der Waals surface area contributed by atoms with E-state index in [0.29, 0.717) is 25.1 Å². The van der Waals surface area contributed by atoms with E-state index in [2.05, 4.69) is 5.32 Å². The van der Waals surface area contributed by atoms with E-state index in [-0.39, 0.29) is 18.2 Å². The molecule has 0 fully saturated rings. The summed E-state index contributed by atoms with van der Waals surface area (Å²) in [6.07, 6.45) is 1.24. The fourth-order valence-corrected chi connectivity index (χ4v) is 3.08. The summed E-state index contributed by atoms with van der Waals surface area (Å²) in [7, 11) is 0. The fraction of sp³-hybridized carbons (Fsp3) is 0.391. The number of halogens is 1. The number of benzene rings is 2. The molecule has 0 aliphatic rings. The standard InChI is InChI=1S/C23H29FN2O2/c1-4-14-25-23(28)21(5-2)26(16-18-12-10-17(3)11-13-18)22(27)15-19-8-6-7-9-20(19)24/h6-13,21H,4-5,14-16H2,1-3H3,(H,25,28). The van der Waals surface area contributed by atoms with Crippen molar-refractivity contribution in [3.05, 3.63) is 71.0 Å². The number of aryl methyl sites for hydroxylation is 1. The van der Waals surface area contributed by atoms with Crippen LogP contribution in [0.4, 0.5) is 4.39 Å². The summed E-state index contributed by atoms with van der Waals surface area (Å²) < 4.78 is 14.0. The number of carbonyl (C=O) groups is 2. The average molecular weight is 384 g/mol. The van der Waals surface area contributed by atoms with Gasteiger partial charge in [0.05, 0.1) is 6.42 Å². The van der Waals surface area contributed by atoms with E-state index in [1.807, 2.05) is 45.0 Å². The molecule has 2 aromatic carbocycles. The van der Waals surface area contributed by atoms with Crippen molar-refractivity contribution in [1.82, 2.24) is 10.2 Å². The molecule has 150 valence electrons. The Kier molecular flexibility index (Phi) is 8.18. The molecule has 0 radical (unpaired) electrons. The van der Waals surface area contributed by atoms with Gasteiger partial charge < -0.3 is 10.2 Å². The monoisotopic (exact) mass is 384 g/mol. The molecule has 0 spiro atoms. The Hall–Kier alpha value is -2.69. The first kappa shape index (κ1) is 21.6. The zero-order chi connectivity index (χ0) is 20.5. The van der Waals surface area contributed by atoms with Gasteiger partial charge in [-0.05, 0) is 37.0 Å². The van der Waals surface area contributed by atoms with Crippen LogP contribution < -0.4 is 5.32 Å². The van der Waals surface area contributed by atoms with Crippen LogP contribution in [0.5, 0.6) is 0 Å². The van der Waals surface area contributed by atoms with Crippen molar-refractivity contribution in [3.8, 4) is 0 Å². The molecule has 5 heteroatoms. The van der Waals surface area contributed by atoms with E-state index >= 15 is 0 Å². The maximum atomic E-state index is 14.0. The minimum absolute atomic E-state index is 0.0733. The van der Waals surface area contributed by atoms with Crippen molar-refractivity contribution in [2.45, 2.75) is 52.6 Å². The van der Waals surface area contributed by atoms with Crippen LogP contribution in [0, 0.1) is 12.7 Å². The van der Waals surface area contributed by atoms with Crippen molar-refractivity contribution < 1.29 is 14.0 Å². The number of nitrogens with zero attached hydrogens (tertiary/aromatic N) is 1. The molecule has 0 saturated heterocycles. The molecule has 0 aliphatic carbocycles. The van der Waals surface area contributed by atoms with Gasteiger partial charge in [-0.2, -0.15) is 0 Å². The van der Waals surface area contributed by atoms with Crippen molar-refractivity contribution in [2.75, 3.05) is 6.54 Å². The molecule has 0 bridgehead atoms. The number of rotatable bonds is 9. The number of carbonyl (C=O) groups excluding carboxylic acids is 2. The van der Waals surface area contributed by atoms with Gasteiger partial charge in [-0.3, -0.25) is 9.59 Å². The summed E-state index contributed by atoms with van der Waals surface area (Å²) in [5.41, 5.74) is 2.40. The van der Waals surface area contributed by atoms with E-state index in [1.165, 1.54) is 6.07 Å². The third kappa shape index (κ3) is 5.91. The number of nitrogens with one attached hydrogen (secondary N) is 1. The van der Waals surface area contributed by atoms with Gasteiger partial charge in [0.25, 0.3) is 0 Å². The van der Waals surface area contributed by atoms with E-state index in [4.69, 9.17) is 0 Å². The number of hydrogen-bond acceptors (Lipinski definition) is 2. The molecule has 1 N–H and O–H groups in total. The molecule has 0 aliphatic heterocycles. The lowest BCUT2D eigenvalue weighted by atomic mass is 10.1. The minimum Gasteiger partial charge on any atom is -0.354 e. The SMILES string of the molecule is CCCNC(=O)C(CC)N(Cc1ccc(C)cc1)C(=O)Cc1ccccc1F. The van der Waals surface area contributed by atoms with Gasteiger partial charge in [-0.25, -0.2) is 4.39 Å². The van der Waals surface area contributed by atoms with Crippen LogP contribution >= 0.6 is 0 Å². The lowest BCUT2D eigenvalue weighted by Crippen LogP contribution is -2.49. The van der Waals surface area contributed by atoms with Gasteiger partial charge in [0.15, 0.2) is 0 Å². The molecule has 1 unspecified atom stereocenters. The Balaban J connectivity index is 2.27. The Morgan fingerprint density at radius 2 is 1.75 bits per heavy atom. The highest BCUT2D eigenvalue weighted by Crippen LogP contribution is 2.16. The molecule has 28 heavy (non-hydrogen) atoms. The molecule has 2 amide bonds. The topological polar surface area (TPSA) is 49.4 Å². The Labute approximate surface area is 166 Å². The van der Waals surface area contributed by atoms with E-state index in [0.717, 1.165) is 17.5 Å².